The highest BCUT2D eigenvalue weighted by atomic mass is 19.2. The number of ether oxygens (including phenoxy) is 2. The van der Waals surface area contributed by atoms with Crippen molar-refractivity contribution in [1.82, 2.24) is 10.6 Å². The third-order valence-corrected chi connectivity index (χ3v) is 11.4. The van der Waals surface area contributed by atoms with Gasteiger partial charge in [-0.2, -0.15) is 17.6 Å². The van der Waals surface area contributed by atoms with Crippen LogP contribution in [0.1, 0.15) is 85.9 Å². The van der Waals surface area contributed by atoms with E-state index in [-0.39, 0.29) is 35.4 Å². The van der Waals surface area contributed by atoms with E-state index >= 15 is 17.6 Å². The molecule has 3 aromatic rings. The summed E-state index contributed by atoms with van der Waals surface area (Å²) in [7, 11) is 0. The predicted molar refractivity (Wildman–Crippen MR) is 171 cm³/mol. The smallest absolute Gasteiger partial charge is 0.251 e. The van der Waals surface area contributed by atoms with Crippen LogP contribution < -0.4 is 20.1 Å². The molecule has 0 spiro atoms. The third-order valence-electron chi connectivity index (χ3n) is 11.4. The monoisotopic (exact) mass is 664 g/mol. The van der Waals surface area contributed by atoms with Gasteiger partial charge in [-0.05, 0) is 136 Å². The van der Waals surface area contributed by atoms with E-state index < -0.39 is 34.8 Å². The SMILES string of the molecule is C[C@H](NC(=O)c1ccc(Oc2c(F)c(F)c(Oc3ccc(C(=O)N[C@@H](C)[C@@H]4C[C@@H]5CC[C@@H]4C5)cc3)c(F)c2F)cc1)[C@@H]1C[C@@H]2CC[C@@H]1C2. The zero-order valence-electron chi connectivity index (χ0n) is 27.0. The Bertz CT molecular complexity index is 1540. The van der Waals surface area contributed by atoms with Crippen molar-refractivity contribution in [2.45, 2.75) is 77.3 Å². The Morgan fingerprint density at radius 3 is 1.23 bits per heavy atom. The van der Waals surface area contributed by atoms with Gasteiger partial charge in [0.25, 0.3) is 11.8 Å². The Hall–Kier alpha value is -4.08. The summed E-state index contributed by atoms with van der Waals surface area (Å²) in [6, 6.07) is 10.9. The first kappa shape index (κ1) is 32.5. The molecule has 2 N–H and O–H groups in total. The summed E-state index contributed by atoms with van der Waals surface area (Å²) >= 11 is 0. The van der Waals surface area contributed by atoms with Crippen molar-refractivity contribution in [1.29, 1.82) is 0 Å². The molecule has 2 amide bonds. The van der Waals surface area contributed by atoms with Crippen LogP contribution >= 0.6 is 0 Å². The molecule has 0 aromatic heterocycles. The molecule has 4 fully saturated rings. The van der Waals surface area contributed by atoms with Gasteiger partial charge in [-0.15, -0.1) is 0 Å². The number of amides is 2. The number of benzene rings is 3. The average molecular weight is 665 g/mol. The van der Waals surface area contributed by atoms with E-state index in [0.717, 1.165) is 24.7 Å². The molecule has 6 nitrogen and oxygen atoms in total. The van der Waals surface area contributed by atoms with Crippen LogP contribution in [-0.2, 0) is 0 Å². The number of halogens is 4. The van der Waals surface area contributed by atoms with Crippen LogP contribution in [0.4, 0.5) is 17.6 Å². The van der Waals surface area contributed by atoms with Crippen LogP contribution in [0.3, 0.4) is 0 Å². The van der Waals surface area contributed by atoms with E-state index in [0.29, 0.717) is 34.8 Å². The summed E-state index contributed by atoms with van der Waals surface area (Å²) in [5.41, 5.74) is 0.635. The number of hydrogen-bond donors (Lipinski definition) is 2. The number of hydrogen-bond acceptors (Lipinski definition) is 4. The summed E-state index contributed by atoms with van der Waals surface area (Å²) in [4.78, 5) is 25.7. The minimum absolute atomic E-state index is 0.0150. The molecular weight excluding hydrogens is 624 g/mol. The Kier molecular flexibility index (Phi) is 8.85. The van der Waals surface area contributed by atoms with Crippen molar-refractivity contribution in [2.24, 2.45) is 35.5 Å². The van der Waals surface area contributed by atoms with Crippen LogP contribution in [0.2, 0.25) is 0 Å². The fourth-order valence-corrected chi connectivity index (χ4v) is 8.96. The number of carbonyl (C=O) groups is 2. The van der Waals surface area contributed by atoms with Crippen LogP contribution in [0.5, 0.6) is 23.0 Å². The first-order chi connectivity index (χ1) is 23.0. The molecule has 0 radical (unpaired) electrons. The second kappa shape index (κ2) is 13.1. The lowest BCUT2D eigenvalue weighted by molar-refractivity contribution is 0.0907. The third kappa shape index (κ3) is 6.26. The molecular formula is C38H40F4N2O4. The highest BCUT2D eigenvalue weighted by Crippen LogP contribution is 2.50. The van der Waals surface area contributed by atoms with Gasteiger partial charge in [0.05, 0.1) is 0 Å². The van der Waals surface area contributed by atoms with E-state index in [1.165, 1.54) is 87.1 Å². The minimum atomic E-state index is -1.78. The molecule has 0 heterocycles. The molecule has 4 bridgehead atoms. The van der Waals surface area contributed by atoms with E-state index in [2.05, 4.69) is 10.6 Å². The zero-order valence-corrected chi connectivity index (χ0v) is 27.0. The number of fused-ring (bicyclic) bond motifs is 4. The van der Waals surface area contributed by atoms with Crippen molar-refractivity contribution in [2.75, 3.05) is 0 Å². The molecule has 4 aliphatic rings. The van der Waals surface area contributed by atoms with Crippen LogP contribution in [0.15, 0.2) is 48.5 Å². The van der Waals surface area contributed by atoms with Crippen molar-refractivity contribution in [3.63, 3.8) is 0 Å². The van der Waals surface area contributed by atoms with Gasteiger partial charge in [0.15, 0.2) is 0 Å². The topological polar surface area (TPSA) is 76.7 Å². The highest BCUT2D eigenvalue weighted by molar-refractivity contribution is 5.95. The van der Waals surface area contributed by atoms with Gasteiger partial charge in [0.1, 0.15) is 11.5 Å². The van der Waals surface area contributed by atoms with Crippen molar-refractivity contribution in [3.05, 3.63) is 82.9 Å². The molecule has 0 unspecified atom stereocenters. The second-order valence-corrected chi connectivity index (χ2v) is 14.4. The largest absolute Gasteiger partial charge is 0.451 e. The lowest BCUT2D eigenvalue weighted by Crippen LogP contribution is -2.40. The maximum atomic E-state index is 15.0. The summed E-state index contributed by atoms with van der Waals surface area (Å²) in [6.45, 7) is 4.02. The molecule has 4 saturated carbocycles. The van der Waals surface area contributed by atoms with Crippen LogP contribution in [0.25, 0.3) is 0 Å². The second-order valence-electron chi connectivity index (χ2n) is 14.4. The van der Waals surface area contributed by atoms with E-state index in [9.17, 15) is 9.59 Å². The Morgan fingerprint density at radius 2 is 0.938 bits per heavy atom. The number of carbonyl (C=O) groups excluding carboxylic acids is 2. The maximum Gasteiger partial charge on any atom is 0.251 e. The normalized spacial score (nSPS) is 26.7. The van der Waals surface area contributed by atoms with Gasteiger partial charge in [0, 0.05) is 23.2 Å². The van der Waals surface area contributed by atoms with Crippen molar-refractivity contribution in [3.8, 4) is 23.0 Å². The van der Waals surface area contributed by atoms with Gasteiger partial charge in [-0.3, -0.25) is 9.59 Å². The maximum absolute atomic E-state index is 15.0. The molecule has 10 heteroatoms. The standard InChI is InChI=1S/C38H40F4N2O4/c1-19(29-17-21-3-5-25(29)15-21)43-37(45)23-7-11-27(12-8-23)47-35-31(39)33(41)36(34(42)32(35)40)48-28-13-9-24(10-14-28)38(46)44-20(2)30-18-22-4-6-26(30)16-22/h7-14,19-22,25-26,29-30H,3-6,15-18H2,1-2H3,(H,43,45)(H,44,46)/t19-,20-,21+,22+,25+,26+,29-,30-/m0/s1. The molecule has 254 valence electrons. The van der Waals surface area contributed by atoms with Gasteiger partial charge in [-0.25, -0.2) is 0 Å². The fourth-order valence-electron chi connectivity index (χ4n) is 8.96. The van der Waals surface area contributed by atoms with E-state index in [1.54, 1.807) is 0 Å². The van der Waals surface area contributed by atoms with Crippen LogP contribution in [-0.4, -0.2) is 23.9 Å². The lowest BCUT2D eigenvalue weighted by atomic mass is 9.84. The lowest BCUT2D eigenvalue weighted by Gasteiger charge is -2.28. The molecule has 0 saturated heterocycles. The molecule has 7 rings (SSSR count). The fraction of sp³-hybridized carbons (Fsp3) is 0.474. The molecule has 8 atom stereocenters. The molecule has 4 aliphatic carbocycles. The minimum Gasteiger partial charge on any atom is -0.451 e. The first-order valence-corrected chi connectivity index (χ1v) is 17.1. The Labute approximate surface area is 277 Å². The van der Waals surface area contributed by atoms with Crippen LogP contribution in [0, 0.1) is 58.8 Å². The molecule has 0 aliphatic heterocycles. The predicted octanol–water partition coefficient (Wildman–Crippen LogP) is 8.94. The summed E-state index contributed by atoms with van der Waals surface area (Å²) in [5.74, 6) is -6.81. The molecule has 48 heavy (non-hydrogen) atoms. The summed E-state index contributed by atoms with van der Waals surface area (Å²) in [6.07, 6.45) is 9.65. The van der Waals surface area contributed by atoms with Gasteiger partial charge in [-0.1, -0.05) is 12.8 Å². The quantitative estimate of drug-likeness (QED) is 0.168. The van der Waals surface area contributed by atoms with Gasteiger partial charge < -0.3 is 20.1 Å². The average Bonchev–Trinajstić information content (AvgIpc) is 3.92. The van der Waals surface area contributed by atoms with E-state index in [4.69, 9.17) is 9.47 Å². The summed E-state index contributed by atoms with van der Waals surface area (Å²) in [5, 5.41) is 6.10. The van der Waals surface area contributed by atoms with Crippen molar-refractivity contribution < 1.29 is 36.6 Å². The number of rotatable bonds is 10. The van der Waals surface area contributed by atoms with Gasteiger partial charge in [0.2, 0.25) is 34.8 Å². The zero-order chi connectivity index (χ0) is 33.7. The van der Waals surface area contributed by atoms with Gasteiger partial charge >= 0.3 is 0 Å². The Morgan fingerprint density at radius 1 is 0.583 bits per heavy atom. The highest BCUT2D eigenvalue weighted by Gasteiger charge is 2.43. The van der Waals surface area contributed by atoms with E-state index in [1.807, 2.05) is 13.8 Å². The van der Waals surface area contributed by atoms with Crippen molar-refractivity contribution >= 4 is 11.8 Å². The number of nitrogens with one attached hydrogen (secondary N) is 2. The molecule has 3 aromatic carbocycles. The first-order valence-electron chi connectivity index (χ1n) is 17.1. The Balaban J connectivity index is 0.976. The summed E-state index contributed by atoms with van der Waals surface area (Å²) < 4.78 is 70.5.